The molecule has 2 unspecified atom stereocenters. The molecule has 0 saturated heterocycles. The van der Waals surface area contributed by atoms with Crippen LogP contribution in [0, 0.1) is 0 Å². The average Bonchev–Trinajstić information content (AvgIpc) is 2.13. The third-order valence-corrected chi connectivity index (χ3v) is 4.84. The Kier molecular flexibility index (Phi) is 9.66. The van der Waals surface area contributed by atoms with E-state index in [1.807, 2.05) is 0 Å². The number of hydrogen-bond donors (Lipinski definition) is 1. The van der Waals surface area contributed by atoms with Crippen molar-refractivity contribution in [1.82, 2.24) is 0 Å². The topological polar surface area (TPSA) is 55.8 Å². The lowest BCUT2D eigenvalue weighted by molar-refractivity contribution is 0.151. The highest BCUT2D eigenvalue weighted by molar-refractivity contribution is 9.12. The highest BCUT2D eigenvalue weighted by atomic mass is 79.9. The SMILES string of the molecule is O=P(O)(OCCC(Cl)Cl)OCC(Br)CBr. The van der Waals surface area contributed by atoms with Crippen molar-refractivity contribution in [3.63, 3.8) is 0 Å². The molecule has 1 N–H and O–H groups in total. The van der Waals surface area contributed by atoms with E-state index < -0.39 is 12.7 Å². The molecule has 0 amide bonds. The zero-order valence-corrected chi connectivity index (χ0v) is 13.2. The summed E-state index contributed by atoms with van der Waals surface area (Å²) in [7, 11) is -3.98. The summed E-state index contributed by atoms with van der Waals surface area (Å²) in [5.74, 6) is 0. The van der Waals surface area contributed by atoms with Crippen LogP contribution in [0.5, 0.6) is 0 Å². The minimum atomic E-state index is -3.98. The standard InChI is InChI=1S/C6H11Br2Cl2O4P/c7-3-5(8)4-14-15(11,12)13-2-1-6(9)10/h5-6H,1-4H2,(H,11,12). The van der Waals surface area contributed by atoms with Crippen molar-refractivity contribution in [2.45, 2.75) is 16.1 Å². The molecule has 9 heteroatoms. The monoisotopic (exact) mass is 406 g/mol. The van der Waals surface area contributed by atoms with Crippen LogP contribution in [0.3, 0.4) is 0 Å². The Morgan fingerprint density at radius 2 is 2.00 bits per heavy atom. The molecular formula is C6H11Br2Cl2O4P. The third kappa shape index (κ3) is 10.5. The van der Waals surface area contributed by atoms with Gasteiger partial charge in [0.15, 0.2) is 0 Å². The molecule has 0 spiro atoms. The van der Waals surface area contributed by atoms with E-state index in [0.29, 0.717) is 5.33 Å². The van der Waals surface area contributed by atoms with Gasteiger partial charge in [-0.25, -0.2) is 4.57 Å². The van der Waals surface area contributed by atoms with Crippen molar-refractivity contribution in [3.8, 4) is 0 Å². The van der Waals surface area contributed by atoms with Crippen LogP contribution in [-0.4, -0.2) is 33.1 Å². The van der Waals surface area contributed by atoms with Gasteiger partial charge in [-0.3, -0.25) is 9.05 Å². The van der Waals surface area contributed by atoms with Crippen molar-refractivity contribution in [1.29, 1.82) is 0 Å². The number of phosphoric ester groups is 1. The average molecular weight is 409 g/mol. The predicted molar refractivity (Wildman–Crippen MR) is 68.3 cm³/mol. The second-order valence-corrected chi connectivity index (χ2v) is 7.20. The molecule has 0 aromatic carbocycles. The maximum absolute atomic E-state index is 11.2. The largest absolute Gasteiger partial charge is 0.472 e. The maximum atomic E-state index is 11.2. The molecule has 0 radical (unpaired) electrons. The number of rotatable bonds is 8. The first-order valence-corrected chi connectivity index (χ1v) is 8.38. The summed E-state index contributed by atoms with van der Waals surface area (Å²) < 4.78 is 20.5. The van der Waals surface area contributed by atoms with E-state index in [1.54, 1.807) is 0 Å². The van der Waals surface area contributed by atoms with Crippen molar-refractivity contribution < 1.29 is 18.5 Å². The van der Waals surface area contributed by atoms with Crippen LogP contribution in [0.1, 0.15) is 6.42 Å². The zero-order valence-electron chi connectivity index (χ0n) is 7.61. The fraction of sp³-hybridized carbons (Fsp3) is 1.00. The Hall–Kier alpha value is 1.65. The highest BCUT2D eigenvalue weighted by Gasteiger charge is 2.22. The van der Waals surface area contributed by atoms with Gasteiger partial charge in [-0.05, 0) is 0 Å². The van der Waals surface area contributed by atoms with Gasteiger partial charge in [-0.2, -0.15) is 0 Å². The molecule has 2 atom stereocenters. The van der Waals surface area contributed by atoms with E-state index in [-0.39, 0.29) is 24.5 Å². The molecule has 0 saturated carbocycles. The number of alkyl halides is 4. The Labute approximate surface area is 115 Å². The molecule has 0 aromatic rings. The van der Waals surface area contributed by atoms with Crippen molar-refractivity contribution in [3.05, 3.63) is 0 Å². The van der Waals surface area contributed by atoms with Gasteiger partial charge >= 0.3 is 7.82 Å². The molecule has 15 heavy (non-hydrogen) atoms. The van der Waals surface area contributed by atoms with Crippen molar-refractivity contribution in [2.24, 2.45) is 0 Å². The number of halogens is 4. The van der Waals surface area contributed by atoms with Crippen LogP contribution >= 0.6 is 62.9 Å². The summed E-state index contributed by atoms with van der Waals surface area (Å²) in [5.41, 5.74) is 0. The minimum absolute atomic E-state index is 0.0211. The lowest BCUT2D eigenvalue weighted by Crippen LogP contribution is -2.10. The van der Waals surface area contributed by atoms with Crippen LogP contribution < -0.4 is 0 Å². The van der Waals surface area contributed by atoms with E-state index in [2.05, 4.69) is 40.9 Å². The molecule has 92 valence electrons. The highest BCUT2D eigenvalue weighted by Crippen LogP contribution is 2.43. The van der Waals surface area contributed by atoms with Crippen LogP contribution in [0.25, 0.3) is 0 Å². The van der Waals surface area contributed by atoms with Gasteiger partial charge in [0.1, 0.15) is 4.84 Å². The minimum Gasteiger partial charge on any atom is -0.302 e. The maximum Gasteiger partial charge on any atom is 0.472 e. The predicted octanol–water partition coefficient (Wildman–Crippen LogP) is 3.47. The Bertz CT molecular complexity index is 219. The molecule has 0 fully saturated rings. The fourth-order valence-electron chi connectivity index (χ4n) is 0.514. The van der Waals surface area contributed by atoms with Crippen LogP contribution in [0.2, 0.25) is 0 Å². The first kappa shape index (κ1) is 16.6. The summed E-state index contributed by atoms with van der Waals surface area (Å²) in [5, 5.41) is 0.610. The Morgan fingerprint density at radius 1 is 1.40 bits per heavy atom. The summed E-state index contributed by atoms with van der Waals surface area (Å²) in [6.07, 6.45) is 0.271. The van der Waals surface area contributed by atoms with Crippen LogP contribution in [0.15, 0.2) is 0 Å². The summed E-state index contributed by atoms with van der Waals surface area (Å²) in [6, 6.07) is 0. The molecule has 0 rings (SSSR count). The second kappa shape index (κ2) is 8.70. The number of hydrogen-bond acceptors (Lipinski definition) is 3. The molecule has 0 bridgehead atoms. The van der Waals surface area contributed by atoms with Crippen molar-refractivity contribution >= 4 is 62.9 Å². The summed E-state index contributed by atoms with van der Waals surface area (Å²) in [4.78, 5) is 8.50. The molecule has 0 aliphatic rings. The van der Waals surface area contributed by atoms with E-state index in [0.717, 1.165) is 0 Å². The Balaban J connectivity index is 3.72. The van der Waals surface area contributed by atoms with Gasteiger partial charge in [0.2, 0.25) is 0 Å². The fourth-order valence-corrected chi connectivity index (χ4v) is 1.99. The van der Waals surface area contributed by atoms with Gasteiger partial charge in [0.25, 0.3) is 0 Å². The summed E-state index contributed by atoms with van der Waals surface area (Å²) in [6.45, 7) is 0.0525. The summed E-state index contributed by atoms with van der Waals surface area (Å²) >= 11 is 17.2. The lowest BCUT2D eigenvalue weighted by Gasteiger charge is -2.13. The molecule has 4 nitrogen and oxygen atoms in total. The number of phosphoric acid groups is 1. The van der Waals surface area contributed by atoms with E-state index in [4.69, 9.17) is 28.1 Å². The molecular weight excluding hydrogens is 398 g/mol. The molecule has 0 heterocycles. The first-order chi connectivity index (χ1) is 6.87. The quantitative estimate of drug-likeness (QED) is 0.493. The van der Waals surface area contributed by atoms with Crippen molar-refractivity contribution in [2.75, 3.05) is 18.5 Å². The zero-order chi connectivity index (χ0) is 11.9. The van der Waals surface area contributed by atoms with E-state index in [9.17, 15) is 4.57 Å². The molecule has 0 aliphatic carbocycles. The van der Waals surface area contributed by atoms with Gasteiger partial charge < -0.3 is 4.89 Å². The van der Waals surface area contributed by atoms with Crippen LogP contribution in [-0.2, 0) is 13.6 Å². The van der Waals surface area contributed by atoms with Gasteiger partial charge in [-0.15, -0.1) is 23.2 Å². The van der Waals surface area contributed by atoms with Gasteiger partial charge in [0, 0.05) is 16.6 Å². The Morgan fingerprint density at radius 3 is 2.47 bits per heavy atom. The lowest BCUT2D eigenvalue weighted by atomic mass is 10.5. The molecule has 0 aliphatic heterocycles. The van der Waals surface area contributed by atoms with Gasteiger partial charge in [-0.1, -0.05) is 31.9 Å². The molecule has 0 aromatic heterocycles. The normalized spacial score (nSPS) is 17.7. The van der Waals surface area contributed by atoms with Gasteiger partial charge in [0.05, 0.1) is 13.2 Å². The second-order valence-electron chi connectivity index (χ2n) is 2.53. The van der Waals surface area contributed by atoms with E-state index in [1.165, 1.54) is 0 Å². The third-order valence-electron chi connectivity index (χ3n) is 1.18. The van der Waals surface area contributed by atoms with Crippen LogP contribution in [0.4, 0.5) is 0 Å². The first-order valence-electron chi connectivity index (χ1n) is 3.97. The van der Waals surface area contributed by atoms with E-state index >= 15 is 0 Å². The smallest absolute Gasteiger partial charge is 0.302 e.